The molecule has 0 radical (unpaired) electrons. The molecule has 17 heavy (non-hydrogen) atoms. The van der Waals surface area contributed by atoms with Gasteiger partial charge in [0.1, 0.15) is 0 Å². The Bertz CT molecular complexity index is 636. The van der Waals surface area contributed by atoms with Gasteiger partial charge in [-0.05, 0) is 6.08 Å². The van der Waals surface area contributed by atoms with E-state index in [0.717, 1.165) is 5.56 Å². The highest BCUT2D eigenvalue weighted by atomic mass is 16.1. The average molecular weight is 223 g/mol. The molecule has 0 atom stereocenters. The van der Waals surface area contributed by atoms with E-state index in [2.05, 4.69) is 10.2 Å². The monoisotopic (exact) mass is 223 g/mol. The largest absolute Gasteiger partial charge is 0.268 e. The van der Waals surface area contributed by atoms with Crippen LogP contribution in [-0.4, -0.2) is 10.2 Å². The molecule has 4 nitrogen and oxygen atoms in total. The quantitative estimate of drug-likeness (QED) is 0.791. The normalized spacial score (nSPS) is 10.3. The lowest BCUT2D eigenvalue weighted by molar-refractivity contribution is 0.992. The maximum atomic E-state index is 11.2. The Balaban J connectivity index is 2.58. The second-order valence-corrected chi connectivity index (χ2v) is 3.36. The maximum Gasteiger partial charge on any atom is 0.264 e. The van der Waals surface area contributed by atoms with Gasteiger partial charge in [-0.25, -0.2) is 5.10 Å². The van der Waals surface area contributed by atoms with Crippen LogP contribution in [-0.2, 0) is 0 Å². The van der Waals surface area contributed by atoms with Gasteiger partial charge in [0.2, 0.25) is 0 Å². The van der Waals surface area contributed by atoms with Gasteiger partial charge in [0, 0.05) is 23.3 Å². The second kappa shape index (κ2) is 4.90. The Morgan fingerprint density at radius 3 is 2.76 bits per heavy atom. The van der Waals surface area contributed by atoms with Crippen LogP contribution in [0.25, 0.3) is 17.3 Å². The van der Waals surface area contributed by atoms with Crippen LogP contribution in [0.3, 0.4) is 0 Å². The highest BCUT2D eigenvalue weighted by Crippen LogP contribution is 2.19. The van der Waals surface area contributed by atoms with Gasteiger partial charge >= 0.3 is 0 Å². The number of nitriles is 1. The number of allylic oxidation sites excluding steroid dienone is 1. The second-order valence-electron chi connectivity index (χ2n) is 3.36. The van der Waals surface area contributed by atoms with Gasteiger partial charge in [-0.1, -0.05) is 30.3 Å². The molecule has 0 aliphatic rings. The fourth-order valence-corrected chi connectivity index (χ4v) is 1.50. The molecular formula is C13H9N3O. The number of rotatable bonds is 2. The molecule has 0 aliphatic heterocycles. The minimum Gasteiger partial charge on any atom is -0.268 e. The third-order valence-electron chi connectivity index (χ3n) is 2.22. The zero-order chi connectivity index (χ0) is 12.1. The van der Waals surface area contributed by atoms with Crippen molar-refractivity contribution in [3.05, 3.63) is 58.4 Å². The van der Waals surface area contributed by atoms with Crippen molar-refractivity contribution < 1.29 is 0 Å². The molecule has 0 fully saturated rings. The molecule has 1 aromatic heterocycles. The molecule has 1 aromatic carbocycles. The Labute approximate surface area is 97.9 Å². The summed E-state index contributed by atoms with van der Waals surface area (Å²) in [5.74, 6) is 0. The van der Waals surface area contributed by atoms with E-state index in [4.69, 9.17) is 5.26 Å². The number of nitrogens with zero attached hydrogens (tertiary/aromatic N) is 2. The van der Waals surface area contributed by atoms with Crippen molar-refractivity contribution in [1.82, 2.24) is 10.2 Å². The van der Waals surface area contributed by atoms with Crippen LogP contribution in [0, 0.1) is 11.3 Å². The molecule has 4 heteroatoms. The van der Waals surface area contributed by atoms with Crippen molar-refractivity contribution in [2.45, 2.75) is 0 Å². The van der Waals surface area contributed by atoms with E-state index in [1.165, 1.54) is 12.1 Å². The highest BCUT2D eigenvalue weighted by Gasteiger charge is 2.04. The predicted octanol–water partition coefficient (Wildman–Crippen LogP) is 1.97. The molecule has 0 saturated carbocycles. The van der Waals surface area contributed by atoms with Crippen LogP contribution in [0.5, 0.6) is 0 Å². The summed E-state index contributed by atoms with van der Waals surface area (Å²) in [5, 5.41) is 14.9. The summed E-state index contributed by atoms with van der Waals surface area (Å²) in [6.45, 7) is 0. The van der Waals surface area contributed by atoms with E-state index in [1.54, 1.807) is 6.08 Å². The summed E-state index contributed by atoms with van der Waals surface area (Å²) < 4.78 is 0. The van der Waals surface area contributed by atoms with E-state index in [-0.39, 0.29) is 5.56 Å². The zero-order valence-electron chi connectivity index (χ0n) is 8.92. The number of hydrogen-bond acceptors (Lipinski definition) is 3. The standard InChI is InChI=1S/C13H9N3O/c14-8-4-7-11-9-12(17)15-16-13(11)10-5-2-1-3-6-10/h1-7,9H,(H,15,17)/b7-4+. The van der Waals surface area contributed by atoms with E-state index >= 15 is 0 Å². The average Bonchev–Trinajstić information content (AvgIpc) is 2.37. The minimum absolute atomic E-state index is 0.290. The third-order valence-corrected chi connectivity index (χ3v) is 2.22. The molecule has 0 unspecified atom stereocenters. The molecule has 2 aromatic rings. The third kappa shape index (κ3) is 2.47. The van der Waals surface area contributed by atoms with Crippen molar-refractivity contribution in [2.24, 2.45) is 0 Å². The SMILES string of the molecule is N#C/C=C/c1cc(=O)[nH]nc1-c1ccccc1. The lowest BCUT2D eigenvalue weighted by Gasteiger charge is -2.03. The van der Waals surface area contributed by atoms with Crippen LogP contribution in [0.15, 0.2) is 47.3 Å². The first-order valence-corrected chi connectivity index (χ1v) is 5.02. The number of aromatic nitrogens is 2. The van der Waals surface area contributed by atoms with Gasteiger partial charge in [0.25, 0.3) is 5.56 Å². The Hall–Kier alpha value is -2.67. The van der Waals surface area contributed by atoms with Gasteiger partial charge in [-0.2, -0.15) is 10.4 Å². The first-order valence-electron chi connectivity index (χ1n) is 5.02. The summed E-state index contributed by atoms with van der Waals surface area (Å²) in [6.07, 6.45) is 2.90. The molecule has 1 N–H and O–H groups in total. The fourth-order valence-electron chi connectivity index (χ4n) is 1.50. The molecule has 0 bridgehead atoms. The van der Waals surface area contributed by atoms with Crippen LogP contribution >= 0.6 is 0 Å². The summed E-state index contributed by atoms with van der Waals surface area (Å²) in [7, 11) is 0. The smallest absolute Gasteiger partial charge is 0.264 e. The van der Waals surface area contributed by atoms with Crippen molar-refractivity contribution in [2.75, 3.05) is 0 Å². The molecule has 0 saturated heterocycles. The highest BCUT2D eigenvalue weighted by molar-refractivity contribution is 5.71. The van der Waals surface area contributed by atoms with Gasteiger partial charge in [-0.3, -0.25) is 4.79 Å². The molecule has 0 amide bonds. The molecule has 1 heterocycles. The van der Waals surface area contributed by atoms with Gasteiger partial charge in [0.05, 0.1) is 11.8 Å². The Morgan fingerprint density at radius 1 is 1.29 bits per heavy atom. The van der Waals surface area contributed by atoms with E-state index in [1.807, 2.05) is 36.4 Å². The van der Waals surface area contributed by atoms with Crippen molar-refractivity contribution >= 4 is 6.08 Å². The van der Waals surface area contributed by atoms with Crippen LogP contribution < -0.4 is 5.56 Å². The van der Waals surface area contributed by atoms with Crippen molar-refractivity contribution in [3.63, 3.8) is 0 Å². The van der Waals surface area contributed by atoms with Crippen LogP contribution in [0.2, 0.25) is 0 Å². The topological polar surface area (TPSA) is 69.5 Å². The first kappa shape index (κ1) is 10.8. The molecule has 82 valence electrons. The fraction of sp³-hybridized carbons (Fsp3) is 0. The van der Waals surface area contributed by atoms with Crippen LogP contribution in [0.4, 0.5) is 0 Å². The van der Waals surface area contributed by atoms with E-state index in [0.29, 0.717) is 11.3 Å². The molecular weight excluding hydrogens is 214 g/mol. The lowest BCUT2D eigenvalue weighted by atomic mass is 10.1. The number of aromatic amines is 1. The first-order chi connectivity index (χ1) is 8.31. The Morgan fingerprint density at radius 2 is 2.06 bits per heavy atom. The van der Waals surface area contributed by atoms with E-state index in [9.17, 15) is 4.79 Å². The number of benzene rings is 1. The van der Waals surface area contributed by atoms with Gasteiger partial charge in [0.15, 0.2) is 0 Å². The summed E-state index contributed by atoms with van der Waals surface area (Å²) in [6, 6.07) is 12.8. The summed E-state index contributed by atoms with van der Waals surface area (Å²) >= 11 is 0. The molecule has 0 spiro atoms. The van der Waals surface area contributed by atoms with Crippen LogP contribution in [0.1, 0.15) is 5.56 Å². The number of hydrogen-bond donors (Lipinski definition) is 1. The van der Waals surface area contributed by atoms with E-state index < -0.39 is 0 Å². The van der Waals surface area contributed by atoms with Gasteiger partial charge < -0.3 is 0 Å². The van der Waals surface area contributed by atoms with Gasteiger partial charge in [-0.15, -0.1) is 0 Å². The number of nitrogens with one attached hydrogen (secondary N) is 1. The summed E-state index contributed by atoms with van der Waals surface area (Å²) in [4.78, 5) is 11.2. The zero-order valence-corrected chi connectivity index (χ0v) is 8.92. The molecule has 0 aliphatic carbocycles. The number of H-pyrrole nitrogens is 1. The van der Waals surface area contributed by atoms with Crippen molar-refractivity contribution in [1.29, 1.82) is 5.26 Å². The predicted molar refractivity (Wildman–Crippen MR) is 64.9 cm³/mol. The minimum atomic E-state index is -0.290. The lowest BCUT2D eigenvalue weighted by Crippen LogP contribution is -2.08. The summed E-state index contributed by atoms with van der Waals surface area (Å²) in [5.41, 5.74) is 1.88. The molecule has 2 rings (SSSR count). The van der Waals surface area contributed by atoms with Crippen molar-refractivity contribution in [3.8, 4) is 17.3 Å². The Kier molecular flexibility index (Phi) is 3.13. The maximum absolute atomic E-state index is 11.2.